The lowest BCUT2D eigenvalue weighted by molar-refractivity contribution is 0.101. The second-order valence-corrected chi connectivity index (χ2v) is 6.93. The van der Waals surface area contributed by atoms with E-state index < -0.39 is 0 Å². The first-order chi connectivity index (χ1) is 16.0. The summed E-state index contributed by atoms with van der Waals surface area (Å²) in [6, 6.07) is 13.2. The third kappa shape index (κ3) is 4.68. The number of ether oxygens (including phenoxy) is 1. The van der Waals surface area contributed by atoms with Crippen LogP contribution in [0.1, 0.15) is 44.6 Å². The van der Waals surface area contributed by atoms with Crippen LogP contribution in [-0.2, 0) is 0 Å². The SMILES string of the molecule is COc1cn2c(C#Cc3cc(C#N)cc(NC(=O)c4ccc(C(C)=O)cc4)c3)nnc2cn1. The van der Waals surface area contributed by atoms with Gasteiger partial charge in [0, 0.05) is 22.4 Å². The molecule has 0 spiro atoms. The molecule has 160 valence electrons. The third-order valence-electron chi connectivity index (χ3n) is 4.67. The van der Waals surface area contributed by atoms with Crippen LogP contribution < -0.4 is 10.1 Å². The van der Waals surface area contributed by atoms with Gasteiger partial charge in [-0.1, -0.05) is 18.1 Å². The molecule has 0 aliphatic carbocycles. The van der Waals surface area contributed by atoms with Gasteiger partial charge in [0.1, 0.15) is 0 Å². The summed E-state index contributed by atoms with van der Waals surface area (Å²) in [5.74, 6) is 6.17. The fourth-order valence-corrected chi connectivity index (χ4v) is 3.00. The molecule has 0 unspecified atom stereocenters. The average Bonchev–Trinajstić information content (AvgIpc) is 3.24. The fourth-order valence-electron chi connectivity index (χ4n) is 3.00. The molecule has 9 heteroatoms. The van der Waals surface area contributed by atoms with Crippen LogP contribution in [0.15, 0.2) is 54.9 Å². The number of hydrogen-bond donors (Lipinski definition) is 1. The van der Waals surface area contributed by atoms with E-state index in [4.69, 9.17) is 4.74 Å². The first-order valence-corrected chi connectivity index (χ1v) is 9.71. The number of amides is 1. The number of Topliss-reactive ketones (excluding diaryl/α,β-unsaturated/α-hetero) is 1. The van der Waals surface area contributed by atoms with Gasteiger partial charge in [0.15, 0.2) is 11.4 Å². The Morgan fingerprint density at radius 2 is 1.76 bits per heavy atom. The van der Waals surface area contributed by atoms with Crippen LogP contribution in [0.5, 0.6) is 5.88 Å². The minimum Gasteiger partial charge on any atom is -0.480 e. The molecule has 1 N–H and O–H groups in total. The molecular weight excluding hydrogens is 420 g/mol. The number of ketones is 1. The maximum absolute atomic E-state index is 12.6. The van der Waals surface area contributed by atoms with E-state index in [1.165, 1.54) is 20.2 Å². The summed E-state index contributed by atoms with van der Waals surface area (Å²) in [5.41, 5.74) is 2.66. The quantitative estimate of drug-likeness (QED) is 0.385. The van der Waals surface area contributed by atoms with Crippen molar-refractivity contribution in [3.8, 4) is 23.8 Å². The van der Waals surface area contributed by atoms with Gasteiger partial charge in [-0.15, -0.1) is 10.2 Å². The molecule has 2 aromatic carbocycles. The monoisotopic (exact) mass is 436 g/mol. The third-order valence-corrected chi connectivity index (χ3v) is 4.67. The van der Waals surface area contributed by atoms with E-state index in [2.05, 4.69) is 38.4 Å². The van der Waals surface area contributed by atoms with Gasteiger partial charge >= 0.3 is 0 Å². The highest BCUT2D eigenvalue weighted by Gasteiger charge is 2.09. The molecule has 0 radical (unpaired) electrons. The molecule has 0 aliphatic rings. The van der Waals surface area contributed by atoms with E-state index in [1.54, 1.807) is 53.1 Å². The Bertz CT molecular complexity index is 1490. The molecule has 4 rings (SSSR count). The van der Waals surface area contributed by atoms with Gasteiger partial charge in [-0.3, -0.25) is 14.0 Å². The van der Waals surface area contributed by atoms with Gasteiger partial charge in [0.2, 0.25) is 11.7 Å². The smallest absolute Gasteiger partial charge is 0.255 e. The maximum Gasteiger partial charge on any atom is 0.255 e. The van der Waals surface area contributed by atoms with Crippen molar-refractivity contribution in [3.63, 3.8) is 0 Å². The Hall–Kier alpha value is -5.02. The number of nitrogens with zero attached hydrogens (tertiary/aromatic N) is 5. The number of benzene rings is 2. The molecule has 2 aromatic heterocycles. The van der Waals surface area contributed by atoms with Crippen molar-refractivity contribution in [1.29, 1.82) is 5.26 Å². The minimum absolute atomic E-state index is 0.0814. The van der Waals surface area contributed by atoms with Gasteiger partial charge in [0.05, 0.1) is 31.1 Å². The standard InChI is InChI=1S/C24H16N6O3/c1-15(31)18-4-6-19(7-5-18)24(32)27-20-10-16(9-17(11-20)12-25)3-8-21-28-29-22-13-26-23(33-2)14-30(21)22/h4-7,9-11,13-14H,1-2H3,(H,27,32). The van der Waals surface area contributed by atoms with Crippen molar-refractivity contribution in [2.45, 2.75) is 6.92 Å². The van der Waals surface area contributed by atoms with Crippen molar-refractivity contribution in [3.05, 3.63) is 82.9 Å². The number of nitriles is 1. The van der Waals surface area contributed by atoms with E-state index in [9.17, 15) is 14.9 Å². The van der Waals surface area contributed by atoms with E-state index >= 15 is 0 Å². The van der Waals surface area contributed by atoms with Crippen LogP contribution in [0.3, 0.4) is 0 Å². The zero-order chi connectivity index (χ0) is 23.4. The molecular formula is C24H16N6O3. The molecule has 0 fully saturated rings. The predicted molar refractivity (Wildman–Crippen MR) is 119 cm³/mol. The molecule has 0 saturated heterocycles. The zero-order valence-electron chi connectivity index (χ0n) is 17.7. The predicted octanol–water partition coefficient (Wildman–Crippen LogP) is 2.86. The Morgan fingerprint density at radius 1 is 1.03 bits per heavy atom. The Labute approximate surface area is 188 Å². The lowest BCUT2D eigenvalue weighted by atomic mass is 10.1. The number of fused-ring (bicyclic) bond motifs is 1. The number of rotatable bonds is 4. The van der Waals surface area contributed by atoms with E-state index in [0.717, 1.165) is 0 Å². The van der Waals surface area contributed by atoms with E-state index in [1.807, 2.05) is 0 Å². The number of methoxy groups -OCH3 is 1. The molecule has 0 atom stereocenters. The van der Waals surface area contributed by atoms with Crippen LogP contribution in [0, 0.1) is 23.2 Å². The highest BCUT2D eigenvalue weighted by molar-refractivity contribution is 6.05. The van der Waals surface area contributed by atoms with Crippen molar-refractivity contribution in [2.24, 2.45) is 0 Å². The average molecular weight is 436 g/mol. The highest BCUT2D eigenvalue weighted by Crippen LogP contribution is 2.16. The molecule has 0 bridgehead atoms. The van der Waals surface area contributed by atoms with Crippen molar-refractivity contribution in [2.75, 3.05) is 12.4 Å². The lowest BCUT2D eigenvalue weighted by Gasteiger charge is -2.07. The number of hydrogen-bond acceptors (Lipinski definition) is 7. The second-order valence-electron chi connectivity index (χ2n) is 6.93. The second kappa shape index (κ2) is 9.00. The van der Waals surface area contributed by atoms with Crippen LogP contribution in [0.2, 0.25) is 0 Å². The highest BCUT2D eigenvalue weighted by atomic mass is 16.5. The van der Waals surface area contributed by atoms with Gasteiger partial charge in [-0.25, -0.2) is 4.98 Å². The Kier molecular flexibility index (Phi) is 5.79. The van der Waals surface area contributed by atoms with Crippen LogP contribution in [-0.4, -0.2) is 38.4 Å². The normalized spacial score (nSPS) is 10.1. The lowest BCUT2D eigenvalue weighted by Crippen LogP contribution is -2.12. The number of aromatic nitrogens is 4. The molecule has 33 heavy (non-hydrogen) atoms. The Morgan fingerprint density at radius 3 is 2.45 bits per heavy atom. The number of carbonyl (C=O) groups is 2. The van der Waals surface area contributed by atoms with E-state index in [-0.39, 0.29) is 11.7 Å². The number of carbonyl (C=O) groups excluding carboxylic acids is 2. The molecule has 4 aromatic rings. The van der Waals surface area contributed by atoms with Crippen LogP contribution in [0.25, 0.3) is 5.65 Å². The maximum atomic E-state index is 12.6. The van der Waals surface area contributed by atoms with Crippen LogP contribution >= 0.6 is 0 Å². The largest absolute Gasteiger partial charge is 0.480 e. The zero-order valence-corrected chi connectivity index (χ0v) is 17.7. The molecule has 0 aliphatic heterocycles. The first kappa shape index (κ1) is 21.2. The van der Waals surface area contributed by atoms with Crippen molar-refractivity contribution < 1.29 is 14.3 Å². The summed E-state index contributed by atoms with van der Waals surface area (Å²) >= 11 is 0. The summed E-state index contributed by atoms with van der Waals surface area (Å²) in [6.45, 7) is 1.46. The van der Waals surface area contributed by atoms with Gasteiger partial charge in [0.25, 0.3) is 5.91 Å². The summed E-state index contributed by atoms with van der Waals surface area (Å²) < 4.78 is 6.76. The van der Waals surface area contributed by atoms with Crippen molar-refractivity contribution >= 4 is 23.0 Å². The fraction of sp³-hybridized carbons (Fsp3) is 0.0833. The van der Waals surface area contributed by atoms with Gasteiger partial charge < -0.3 is 10.1 Å². The van der Waals surface area contributed by atoms with Crippen molar-refractivity contribution in [1.82, 2.24) is 19.6 Å². The molecule has 0 saturated carbocycles. The van der Waals surface area contributed by atoms with E-state index in [0.29, 0.717) is 45.3 Å². The summed E-state index contributed by atoms with van der Waals surface area (Å²) in [7, 11) is 1.50. The molecule has 1 amide bonds. The van der Waals surface area contributed by atoms with Crippen LogP contribution in [0.4, 0.5) is 5.69 Å². The summed E-state index contributed by atoms with van der Waals surface area (Å²) in [4.78, 5) is 28.1. The number of anilines is 1. The van der Waals surface area contributed by atoms with Gasteiger partial charge in [-0.2, -0.15) is 5.26 Å². The molecule has 9 nitrogen and oxygen atoms in total. The summed E-state index contributed by atoms with van der Waals surface area (Å²) in [6.07, 6.45) is 3.14. The topological polar surface area (TPSA) is 122 Å². The molecule has 2 heterocycles. The minimum atomic E-state index is -0.373. The number of nitrogens with one attached hydrogen (secondary N) is 1. The summed E-state index contributed by atoms with van der Waals surface area (Å²) in [5, 5.41) is 20.2. The first-order valence-electron chi connectivity index (χ1n) is 9.71. The Balaban J connectivity index is 1.61. The van der Waals surface area contributed by atoms with Gasteiger partial charge in [-0.05, 0) is 43.2 Å².